The predicted molar refractivity (Wildman–Crippen MR) is 112 cm³/mol. The lowest BCUT2D eigenvalue weighted by molar-refractivity contribution is 0.400. The van der Waals surface area contributed by atoms with Gasteiger partial charge in [0, 0.05) is 0 Å². The van der Waals surface area contributed by atoms with Gasteiger partial charge in [-0.15, -0.1) is 0 Å². The molecule has 1 aromatic carbocycles. The lowest BCUT2D eigenvalue weighted by Crippen LogP contribution is -2.13. The maximum Gasteiger partial charge on any atom is 0.115 e. The van der Waals surface area contributed by atoms with Gasteiger partial charge in [-0.25, -0.2) is 0 Å². The summed E-state index contributed by atoms with van der Waals surface area (Å²) < 4.78 is 0. The molecule has 0 aromatic heterocycles. The van der Waals surface area contributed by atoms with Crippen molar-refractivity contribution in [2.75, 3.05) is 20.6 Å². The molecule has 0 aliphatic carbocycles. The second-order valence-corrected chi connectivity index (χ2v) is 3.58. The van der Waals surface area contributed by atoms with E-state index in [1.54, 1.807) is 6.07 Å². The van der Waals surface area contributed by atoms with Crippen molar-refractivity contribution >= 4 is 0 Å². The van der Waals surface area contributed by atoms with Gasteiger partial charge in [0.15, 0.2) is 0 Å². The Morgan fingerprint density at radius 2 is 1.22 bits per heavy atom. The number of rotatable bonds is 4. The zero-order valence-electron chi connectivity index (χ0n) is 18.3. The highest BCUT2D eigenvalue weighted by molar-refractivity contribution is 5.27. The van der Waals surface area contributed by atoms with Crippen LogP contribution in [0.15, 0.2) is 24.3 Å². The van der Waals surface area contributed by atoms with Crippen LogP contribution in [0.5, 0.6) is 5.75 Å². The van der Waals surface area contributed by atoms with Gasteiger partial charge >= 0.3 is 0 Å². The Kier molecular flexibility index (Phi) is 54.5. The van der Waals surface area contributed by atoms with E-state index < -0.39 is 0 Å². The predicted octanol–water partition coefficient (Wildman–Crippen LogP) is 7.02. The monoisotopic (exact) mass is 329 g/mol. The summed E-state index contributed by atoms with van der Waals surface area (Å²) in [4.78, 5) is 2.17. The Bertz CT molecular complexity index is 260. The van der Waals surface area contributed by atoms with E-state index in [4.69, 9.17) is 0 Å². The third kappa shape index (κ3) is 33.7. The molecule has 2 nitrogen and oxygen atoms in total. The SMILES string of the molecule is CC.CC.CC.CC.CC.CN(C)CCCc1cccc(O)c1. The average Bonchev–Trinajstić information content (AvgIpc) is 2.63. The molecule has 1 N–H and O–H groups in total. The molecule has 0 atom stereocenters. The van der Waals surface area contributed by atoms with Crippen LogP contribution in [0.2, 0.25) is 0 Å². The summed E-state index contributed by atoms with van der Waals surface area (Å²) in [6.45, 7) is 21.1. The van der Waals surface area contributed by atoms with Crippen LogP contribution in [-0.4, -0.2) is 30.6 Å². The van der Waals surface area contributed by atoms with Gasteiger partial charge in [-0.05, 0) is 51.2 Å². The highest BCUT2D eigenvalue weighted by Crippen LogP contribution is 2.12. The van der Waals surface area contributed by atoms with Crippen LogP contribution in [0.1, 0.15) is 81.2 Å². The first-order chi connectivity index (χ1) is 11.2. The average molecular weight is 330 g/mol. The van der Waals surface area contributed by atoms with Crippen molar-refractivity contribution < 1.29 is 5.11 Å². The standard InChI is InChI=1S/C11H17NO.5C2H6/c1-12(2)8-4-6-10-5-3-7-11(13)9-10;5*1-2/h3,5,7,9,13H,4,6,8H2,1-2H3;5*1-2H3. The van der Waals surface area contributed by atoms with Gasteiger partial charge in [-0.2, -0.15) is 0 Å². The van der Waals surface area contributed by atoms with Crippen molar-refractivity contribution in [3.8, 4) is 5.75 Å². The molecule has 0 radical (unpaired) electrons. The van der Waals surface area contributed by atoms with E-state index in [0.717, 1.165) is 19.4 Å². The molecule has 2 heteroatoms. The summed E-state index contributed by atoms with van der Waals surface area (Å²) in [5, 5.41) is 9.21. The molecule has 0 bridgehead atoms. The van der Waals surface area contributed by atoms with Crippen LogP contribution in [0.3, 0.4) is 0 Å². The van der Waals surface area contributed by atoms with Crippen molar-refractivity contribution in [2.24, 2.45) is 0 Å². The summed E-state index contributed by atoms with van der Waals surface area (Å²) >= 11 is 0. The van der Waals surface area contributed by atoms with E-state index >= 15 is 0 Å². The van der Waals surface area contributed by atoms with E-state index in [1.165, 1.54) is 5.56 Å². The van der Waals surface area contributed by atoms with Gasteiger partial charge in [0.2, 0.25) is 0 Å². The number of nitrogens with zero attached hydrogens (tertiary/aromatic N) is 1. The molecule has 23 heavy (non-hydrogen) atoms. The molecule has 0 heterocycles. The third-order valence-electron chi connectivity index (χ3n) is 1.98. The largest absolute Gasteiger partial charge is 0.508 e. The second-order valence-electron chi connectivity index (χ2n) is 3.58. The lowest BCUT2D eigenvalue weighted by Gasteiger charge is -2.08. The molecule has 0 aliphatic heterocycles. The molecular weight excluding hydrogens is 282 g/mol. The molecule has 0 aliphatic rings. The van der Waals surface area contributed by atoms with Crippen molar-refractivity contribution in [3.05, 3.63) is 29.8 Å². The number of phenolic OH excluding ortho intramolecular Hbond substituents is 1. The fraction of sp³-hybridized carbons (Fsp3) is 0.714. The van der Waals surface area contributed by atoms with Gasteiger partial charge < -0.3 is 10.0 Å². The summed E-state index contributed by atoms with van der Waals surface area (Å²) in [6, 6.07) is 7.47. The number of aromatic hydroxyl groups is 1. The number of phenols is 1. The molecule has 1 aromatic rings. The lowest BCUT2D eigenvalue weighted by atomic mass is 10.1. The van der Waals surface area contributed by atoms with Crippen LogP contribution < -0.4 is 0 Å². The topological polar surface area (TPSA) is 23.5 Å². The van der Waals surface area contributed by atoms with Crippen LogP contribution >= 0.6 is 0 Å². The van der Waals surface area contributed by atoms with Crippen LogP contribution in [0.4, 0.5) is 0 Å². The summed E-state index contributed by atoms with van der Waals surface area (Å²) in [7, 11) is 4.14. The molecule has 0 unspecified atom stereocenters. The molecule has 0 amide bonds. The summed E-state index contributed by atoms with van der Waals surface area (Å²) in [6.07, 6.45) is 2.17. The quantitative estimate of drug-likeness (QED) is 0.641. The highest BCUT2D eigenvalue weighted by atomic mass is 16.3. The maximum atomic E-state index is 9.21. The Labute approximate surface area is 148 Å². The van der Waals surface area contributed by atoms with Crippen molar-refractivity contribution in [1.29, 1.82) is 0 Å². The molecule has 142 valence electrons. The van der Waals surface area contributed by atoms with Crippen molar-refractivity contribution in [1.82, 2.24) is 4.90 Å². The van der Waals surface area contributed by atoms with E-state index in [1.807, 2.05) is 81.4 Å². The van der Waals surface area contributed by atoms with Crippen molar-refractivity contribution in [3.63, 3.8) is 0 Å². The normalized spacial score (nSPS) is 7.35. The molecule has 0 saturated heterocycles. The maximum absolute atomic E-state index is 9.21. The first-order valence-corrected chi connectivity index (χ1v) is 9.61. The Balaban J connectivity index is -0.0000000923. The Morgan fingerprint density at radius 3 is 1.57 bits per heavy atom. The van der Waals surface area contributed by atoms with Crippen molar-refractivity contribution in [2.45, 2.75) is 82.1 Å². The first kappa shape index (κ1) is 33.6. The molecular formula is C21H47NO. The van der Waals surface area contributed by atoms with Crippen LogP contribution in [-0.2, 0) is 6.42 Å². The zero-order valence-corrected chi connectivity index (χ0v) is 18.3. The van der Waals surface area contributed by atoms with Crippen LogP contribution in [0, 0.1) is 0 Å². The van der Waals surface area contributed by atoms with E-state index in [2.05, 4.69) is 25.1 Å². The van der Waals surface area contributed by atoms with E-state index in [9.17, 15) is 5.11 Å². The Morgan fingerprint density at radius 1 is 0.783 bits per heavy atom. The second kappa shape index (κ2) is 37.3. The minimum absolute atomic E-state index is 0.363. The molecule has 1 rings (SSSR count). The van der Waals surface area contributed by atoms with Gasteiger partial charge in [0.05, 0.1) is 0 Å². The third-order valence-corrected chi connectivity index (χ3v) is 1.98. The molecule has 0 spiro atoms. The van der Waals surface area contributed by atoms with Gasteiger partial charge in [-0.1, -0.05) is 81.4 Å². The number of benzene rings is 1. The fourth-order valence-electron chi connectivity index (χ4n) is 1.31. The van der Waals surface area contributed by atoms with Crippen LogP contribution in [0.25, 0.3) is 0 Å². The Hall–Kier alpha value is -1.02. The minimum Gasteiger partial charge on any atom is -0.508 e. The van der Waals surface area contributed by atoms with Gasteiger partial charge in [0.1, 0.15) is 5.75 Å². The highest BCUT2D eigenvalue weighted by Gasteiger charge is 1.95. The number of hydrogen-bond donors (Lipinski definition) is 1. The number of hydrogen-bond acceptors (Lipinski definition) is 2. The first-order valence-electron chi connectivity index (χ1n) is 9.61. The summed E-state index contributed by atoms with van der Waals surface area (Å²) in [5.74, 6) is 0.363. The molecule has 0 saturated carbocycles. The smallest absolute Gasteiger partial charge is 0.115 e. The summed E-state index contributed by atoms with van der Waals surface area (Å²) in [5.41, 5.74) is 1.21. The molecule has 0 fully saturated rings. The van der Waals surface area contributed by atoms with E-state index in [0.29, 0.717) is 5.75 Å². The van der Waals surface area contributed by atoms with Gasteiger partial charge in [-0.3, -0.25) is 0 Å². The zero-order chi connectivity index (χ0) is 19.7. The van der Waals surface area contributed by atoms with Gasteiger partial charge in [0.25, 0.3) is 0 Å². The minimum atomic E-state index is 0.363. The van der Waals surface area contributed by atoms with E-state index in [-0.39, 0.29) is 0 Å². The number of aryl methyl sites for hydroxylation is 1. The fourth-order valence-corrected chi connectivity index (χ4v) is 1.31.